The zero-order valence-electron chi connectivity index (χ0n) is 9.18. The summed E-state index contributed by atoms with van der Waals surface area (Å²) in [5.41, 5.74) is -1.59. The second-order valence-electron chi connectivity index (χ2n) is 5.80. The van der Waals surface area contributed by atoms with E-state index in [4.69, 9.17) is 14.2 Å². The summed E-state index contributed by atoms with van der Waals surface area (Å²) in [6.07, 6.45) is 2.73. The SMILES string of the molecule is O=C1OC(=O)C23[C@H]4CC[C@H](O4)C12[C@@H]1CC[C@H]3O1. The van der Waals surface area contributed by atoms with E-state index in [1.807, 2.05) is 0 Å². The Morgan fingerprint density at radius 2 is 1.12 bits per heavy atom. The summed E-state index contributed by atoms with van der Waals surface area (Å²) < 4.78 is 16.8. The summed E-state index contributed by atoms with van der Waals surface area (Å²) in [6, 6.07) is 0. The molecule has 0 radical (unpaired) electrons. The van der Waals surface area contributed by atoms with Gasteiger partial charge >= 0.3 is 11.9 Å². The molecule has 0 aromatic rings. The van der Waals surface area contributed by atoms with Crippen LogP contribution < -0.4 is 0 Å². The standard InChI is InChI=1S/C12H12O5/c13-9-11-5-1-2-6(15-5)12(11,10(14)17-9)8-4-3-7(11)16-8/h5-8H,1-4H2/t5-,6+,7-,8+,11?,12?. The van der Waals surface area contributed by atoms with Crippen molar-refractivity contribution < 1.29 is 23.8 Å². The van der Waals surface area contributed by atoms with E-state index >= 15 is 0 Å². The lowest BCUT2D eigenvalue weighted by atomic mass is 9.51. The lowest BCUT2D eigenvalue weighted by Crippen LogP contribution is -2.58. The smallest absolute Gasteiger partial charge is 0.326 e. The van der Waals surface area contributed by atoms with E-state index in [-0.39, 0.29) is 36.4 Å². The highest BCUT2D eigenvalue weighted by Gasteiger charge is 2.90. The quantitative estimate of drug-likeness (QED) is 0.443. The Hall–Kier alpha value is -0.940. The second kappa shape index (κ2) is 2.29. The van der Waals surface area contributed by atoms with Crippen molar-refractivity contribution in [2.24, 2.45) is 10.8 Å². The Bertz CT molecular complexity index is 408. The van der Waals surface area contributed by atoms with Crippen molar-refractivity contribution in [2.45, 2.75) is 50.1 Å². The molecular formula is C12H12O5. The van der Waals surface area contributed by atoms with Crippen molar-refractivity contribution in [1.29, 1.82) is 0 Å². The van der Waals surface area contributed by atoms with Gasteiger partial charge in [-0.1, -0.05) is 0 Å². The number of carbonyl (C=O) groups excluding carboxylic acids is 2. The van der Waals surface area contributed by atoms with Crippen molar-refractivity contribution in [1.82, 2.24) is 0 Å². The van der Waals surface area contributed by atoms with Gasteiger partial charge in [0.1, 0.15) is 10.8 Å². The van der Waals surface area contributed by atoms with Crippen LogP contribution in [0.4, 0.5) is 0 Å². The molecule has 5 heteroatoms. The van der Waals surface area contributed by atoms with Crippen LogP contribution in [-0.4, -0.2) is 36.4 Å². The number of fused-ring (bicyclic) bond motifs is 4. The predicted octanol–water partition coefficient (Wildman–Crippen LogP) is 0.165. The minimum Gasteiger partial charge on any atom is -0.392 e. The average Bonchev–Trinajstić information content (AvgIpc) is 3.04. The van der Waals surface area contributed by atoms with Crippen molar-refractivity contribution in [3.05, 3.63) is 0 Å². The Morgan fingerprint density at radius 3 is 1.47 bits per heavy atom. The summed E-state index contributed by atoms with van der Waals surface area (Å²) >= 11 is 0. The topological polar surface area (TPSA) is 61.8 Å². The number of esters is 2. The third kappa shape index (κ3) is 0.589. The largest absolute Gasteiger partial charge is 0.392 e. The van der Waals surface area contributed by atoms with Crippen molar-refractivity contribution in [3.63, 3.8) is 0 Å². The van der Waals surface area contributed by atoms with Crippen LogP contribution in [0.25, 0.3) is 0 Å². The molecule has 5 fully saturated rings. The molecular weight excluding hydrogens is 224 g/mol. The van der Waals surface area contributed by atoms with Crippen LogP contribution in [0.2, 0.25) is 0 Å². The molecule has 5 saturated heterocycles. The van der Waals surface area contributed by atoms with Gasteiger partial charge in [-0.05, 0) is 25.7 Å². The van der Waals surface area contributed by atoms with E-state index in [9.17, 15) is 9.59 Å². The maximum absolute atomic E-state index is 12.2. The molecule has 5 aliphatic rings. The number of cyclic esters (lactones) is 2. The Morgan fingerprint density at radius 1 is 0.765 bits per heavy atom. The van der Waals surface area contributed by atoms with E-state index < -0.39 is 10.8 Å². The molecule has 5 aliphatic heterocycles. The van der Waals surface area contributed by atoms with Gasteiger partial charge < -0.3 is 14.2 Å². The number of hydrogen-bond donors (Lipinski definition) is 0. The second-order valence-corrected chi connectivity index (χ2v) is 5.80. The van der Waals surface area contributed by atoms with E-state index in [1.54, 1.807) is 0 Å². The Balaban J connectivity index is 1.87. The van der Waals surface area contributed by atoms with Crippen LogP contribution in [0.3, 0.4) is 0 Å². The van der Waals surface area contributed by atoms with Crippen molar-refractivity contribution in [3.8, 4) is 0 Å². The van der Waals surface area contributed by atoms with Gasteiger partial charge in [0.2, 0.25) is 0 Å². The molecule has 90 valence electrons. The normalized spacial score (nSPS) is 61.9. The molecule has 0 amide bonds. The molecule has 4 bridgehead atoms. The maximum Gasteiger partial charge on any atom is 0.326 e. The van der Waals surface area contributed by atoms with Crippen molar-refractivity contribution in [2.75, 3.05) is 0 Å². The summed E-state index contributed by atoms with van der Waals surface area (Å²) in [6.45, 7) is 0. The van der Waals surface area contributed by atoms with Gasteiger partial charge in [0, 0.05) is 0 Å². The van der Waals surface area contributed by atoms with Crippen LogP contribution in [0.5, 0.6) is 0 Å². The monoisotopic (exact) mass is 236 g/mol. The molecule has 0 aromatic carbocycles. The average molecular weight is 236 g/mol. The summed E-state index contributed by atoms with van der Waals surface area (Å²) in [7, 11) is 0. The van der Waals surface area contributed by atoms with E-state index in [2.05, 4.69) is 0 Å². The first-order valence-corrected chi connectivity index (χ1v) is 6.30. The maximum atomic E-state index is 12.2. The molecule has 0 aliphatic carbocycles. The van der Waals surface area contributed by atoms with Gasteiger partial charge in [0.05, 0.1) is 24.4 Å². The molecule has 0 saturated carbocycles. The van der Waals surface area contributed by atoms with E-state index in [0.717, 1.165) is 25.7 Å². The minimum atomic E-state index is -0.796. The Labute approximate surface area is 97.4 Å². The fourth-order valence-electron chi connectivity index (χ4n) is 5.21. The highest BCUT2D eigenvalue weighted by Crippen LogP contribution is 2.74. The number of carbonyl (C=O) groups is 2. The van der Waals surface area contributed by atoms with E-state index in [0.29, 0.717) is 0 Å². The van der Waals surface area contributed by atoms with Gasteiger partial charge in [-0.3, -0.25) is 9.59 Å². The third-order valence-corrected chi connectivity index (χ3v) is 5.62. The summed E-state index contributed by atoms with van der Waals surface area (Å²) in [5, 5.41) is 0. The lowest BCUT2D eigenvalue weighted by Gasteiger charge is -2.40. The van der Waals surface area contributed by atoms with Gasteiger partial charge in [-0.25, -0.2) is 0 Å². The van der Waals surface area contributed by atoms with Crippen LogP contribution in [0.1, 0.15) is 25.7 Å². The number of rotatable bonds is 0. The van der Waals surface area contributed by atoms with Crippen molar-refractivity contribution >= 4 is 11.9 Å². The summed E-state index contributed by atoms with van der Waals surface area (Å²) in [5.74, 6) is -0.774. The number of hydrogen-bond acceptors (Lipinski definition) is 5. The van der Waals surface area contributed by atoms with Gasteiger partial charge in [0.25, 0.3) is 0 Å². The fourth-order valence-corrected chi connectivity index (χ4v) is 5.21. The molecule has 17 heavy (non-hydrogen) atoms. The van der Waals surface area contributed by atoms with Gasteiger partial charge in [-0.15, -0.1) is 0 Å². The molecule has 5 nitrogen and oxygen atoms in total. The van der Waals surface area contributed by atoms with E-state index in [1.165, 1.54) is 0 Å². The summed E-state index contributed by atoms with van der Waals surface area (Å²) in [4.78, 5) is 24.5. The highest BCUT2D eigenvalue weighted by atomic mass is 16.6. The molecule has 0 spiro atoms. The third-order valence-electron chi connectivity index (χ3n) is 5.62. The predicted molar refractivity (Wildman–Crippen MR) is 51.8 cm³/mol. The molecule has 0 unspecified atom stereocenters. The van der Waals surface area contributed by atoms with Crippen LogP contribution in [0, 0.1) is 10.8 Å². The lowest BCUT2D eigenvalue weighted by molar-refractivity contribution is -0.166. The molecule has 0 N–H and O–H groups in total. The Kier molecular flexibility index (Phi) is 1.22. The fraction of sp³-hybridized carbons (Fsp3) is 0.833. The number of ether oxygens (including phenoxy) is 3. The minimum absolute atomic E-state index is 0.165. The first kappa shape index (κ1) is 9.05. The molecule has 0 aromatic heterocycles. The molecule has 5 heterocycles. The molecule has 5 rings (SSSR count). The zero-order valence-corrected chi connectivity index (χ0v) is 9.18. The van der Waals surface area contributed by atoms with Gasteiger partial charge in [-0.2, -0.15) is 0 Å². The first-order chi connectivity index (χ1) is 8.22. The zero-order chi connectivity index (χ0) is 11.4. The van der Waals surface area contributed by atoms with Crippen LogP contribution in [-0.2, 0) is 23.8 Å². The first-order valence-electron chi connectivity index (χ1n) is 6.30. The highest BCUT2D eigenvalue weighted by molar-refractivity contribution is 6.05. The molecule has 4 atom stereocenters. The van der Waals surface area contributed by atoms with Gasteiger partial charge in [0.15, 0.2) is 0 Å². The van der Waals surface area contributed by atoms with Crippen LogP contribution >= 0.6 is 0 Å². The van der Waals surface area contributed by atoms with Crippen LogP contribution in [0.15, 0.2) is 0 Å².